The van der Waals surface area contributed by atoms with Gasteiger partial charge < -0.3 is 30.2 Å². The number of hydrogen-bond donors (Lipinski definition) is 3. The lowest BCUT2D eigenvalue weighted by atomic mass is 10.1. The standard InChI is InChI=1S/C23H35N3O7/c1-16(25-22(30)32-15-17-11-7-6-8-12-17)19(27)26-18(20(28)31-5)13-9-10-14-24-21(29)33-23(2,3)4/h6-8,11-12,16,18H,9-10,13-15H2,1-5H3,(H,24,29)(H,25,30)(H,26,27)/t16-,18-/m0/s1. The van der Waals surface area contributed by atoms with Crippen molar-refractivity contribution >= 4 is 24.1 Å². The molecule has 0 saturated heterocycles. The minimum absolute atomic E-state index is 0.0725. The van der Waals surface area contributed by atoms with E-state index in [1.807, 2.05) is 30.3 Å². The van der Waals surface area contributed by atoms with E-state index in [9.17, 15) is 19.2 Å². The van der Waals surface area contributed by atoms with Crippen LogP contribution in [0.5, 0.6) is 0 Å². The summed E-state index contributed by atoms with van der Waals surface area (Å²) in [7, 11) is 1.23. The molecular formula is C23H35N3O7. The monoisotopic (exact) mass is 465 g/mol. The summed E-state index contributed by atoms with van der Waals surface area (Å²) in [5.41, 5.74) is 0.236. The maximum atomic E-state index is 12.4. The molecule has 1 aromatic carbocycles. The molecule has 0 spiro atoms. The fourth-order valence-electron chi connectivity index (χ4n) is 2.67. The number of hydrogen-bond acceptors (Lipinski definition) is 7. The van der Waals surface area contributed by atoms with E-state index in [0.717, 1.165) is 5.56 Å². The predicted molar refractivity (Wildman–Crippen MR) is 121 cm³/mol. The molecule has 10 heteroatoms. The van der Waals surface area contributed by atoms with Crippen molar-refractivity contribution in [1.29, 1.82) is 0 Å². The van der Waals surface area contributed by atoms with Crippen LogP contribution in [0.4, 0.5) is 9.59 Å². The Morgan fingerprint density at radius 2 is 1.64 bits per heavy atom. The van der Waals surface area contributed by atoms with Gasteiger partial charge in [0.1, 0.15) is 24.3 Å². The van der Waals surface area contributed by atoms with Gasteiger partial charge in [-0.05, 0) is 52.5 Å². The zero-order valence-electron chi connectivity index (χ0n) is 19.9. The molecule has 0 heterocycles. The lowest BCUT2D eigenvalue weighted by Crippen LogP contribution is -2.50. The summed E-state index contributed by atoms with van der Waals surface area (Å²) in [6.07, 6.45) is 0.155. The van der Waals surface area contributed by atoms with E-state index < -0.39 is 41.7 Å². The third-order valence-corrected chi connectivity index (χ3v) is 4.33. The van der Waals surface area contributed by atoms with Gasteiger partial charge in [-0.2, -0.15) is 0 Å². The molecule has 184 valence electrons. The Balaban J connectivity index is 2.40. The average molecular weight is 466 g/mol. The van der Waals surface area contributed by atoms with Gasteiger partial charge in [-0.25, -0.2) is 14.4 Å². The molecule has 0 aliphatic heterocycles. The minimum Gasteiger partial charge on any atom is -0.467 e. The molecule has 0 unspecified atom stereocenters. The molecule has 0 radical (unpaired) electrons. The average Bonchev–Trinajstić information content (AvgIpc) is 2.75. The lowest BCUT2D eigenvalue weighted by molar-refractivity contribution is -0.145. The highest BCUT2D eigenvalue weighted by Gasteiger charge is 2.25. The molecule has 10 nitrogen and oxygen atoms in total. The highest BCUT2D eigenvalue weighted by molar-refractivity contribution is 5.89. The summed E-state index contributed by atoms with van der Waals surface area (Å²) in [5, 5.41) is 7.65. The molecule has 1 rings (SSSR count). The number of nitrogens with one attached hydrogen (secondary N) is 3. The fraction of sp³-hybridized carbons (Fsp3) is 0.565. The van der Waals surface area contributed by atoms with Gasteiger partial charge in [-0.1, -0.05) is 30.3 Å². The van der Waals surface area contributed by atoms with Crippen LogP contribution in [0.15, 0.2) is 30.3 Å². The zero-order chi connectivity index (χ0) is 24.9. The molecule has 0 aliphatic rings. The number of carbonyl (C=O) groups is 4. The van der Waals surface area contributed by atoms with Crippen LogP contribution in [0.1, 0.15) is 52.5 Å². The summed E-state index contributed by atoms with van der Waals surface area (Å²) >= 11 is 0. The Morgan fingerprint density at radius 3 is 2.24 bits per heavy atom. The van der Waals surface area contributed by atoms with Gasteiger partial charge in [0.15, 0.2) is 0 Å². The minimum atomic E-state index is -0.922. The van der Waals surface area contributed by atoms with Gasteiger partial charge in [0, 0.05) is 6.54 Å². The van der Waals surface area contributed by atoms with Gasteiger partial charge in [0.05, 0.1) is 7.11 Å². The molecule has 3 N–H and O–H groups in total. The Morgan fingerprint density at radius 1 is 0.970 bits per heavy atom. The van der Waals surface area contributed by atoms with Crippen LogP contribution in [-0.4, -0.2) is 55.4 Å². The fourth-order valence-corrected chi connectivity index (χ4v) is 2.67. The number of rotatable bonds is 11. The van der Waals surface area contributed by atoms with Crippen molar-refractivity contribution in [2.24, 2.45) is 0 Å². The van der Waals surface area contributed by atoms with Gasteiger partial charge in [0.25, 0.3) is 0 Å². The van der Waals surface area contributed by atoms with E-state index in [-0.39, 0.29) is 6.61 Å². The van der Waals surface area contributed by atoms with Crippen LogP contribution in [0.25, 0.3) is 0 Å². The van der Waals surface area contributed by atoms with Crippen molar-refractivity contribution in [1.82, 2.24) is 16.0 Å². The second-order valence-corrected chi connectivity index (χ2v) is 8.44. The lowest BCUT2D eigenvalue weighted by Gasteiger charge is -2.20. The first-order valence-electron chi connectivity index (χ1n) is 10.8. The Hall–Kier alpha value is -3.30. The van der Waals surface area contributed by atoms with Crippen LogP contribution in [0.2, 0.25) is 0 Å². The number of esters is 1. The van der Waals surface area contributed by atoms with Crippen molar-refractivity contribution in [3.05, 3.63) is 35.9 Å². The topological polar surface area (TPSA) is 132 Å². The number of ether oxygens (including phenoxy) is 3. The number of alkyl carbamates (subject to hydrolysis) is 2. The molecule has 33 heavy (non-hydrogen) atoms. The van der Waals surface area contributed by atoms with E-state index in [0.29, 0.717) is 25.8 Å². The molecule has 0 fully saturated rings. The first-order valence-corrected chi connectivity index (χ1v) is 10.8. The van der Waals surface area contributed by atoms with Crippen LogP contribution in [0.3, 0.4) is 0 Å². The van der Waals surface area contributed by atoms with Crippen LogP contribution < -0.4 is 16.0 Å². The molecule has 0 aromatic heterocycles. The summed E-state index contributed by atoms with van der Waals surface area (Å²) in [4.78, 5) is 48.1. The van der Waals surface area contributed by atoms with E-state index in [2.05, 4.69) is 16.0 Å². The summed E-state index contributed by atoms with van der Waals surface area (Å²) in [6, 6.07) is 7.33. The smallest absolute Gasteiger partial charge is 0.408 e. The molecule has 0 saturated carbocycles. The molecule has 0 aliphatic carbocycles. The normalized spacial score (nSPS) is 12.6. The van der Waals surface area contributed by atoms with Gasteiger partial charge in [-0.15, -0.1) is 0 Å². The number of benzene rings is 1. The van der Waals surface area contributed by atoms with E-state index >= 15 is 0 Å². The largest absolute Gasteiger partial charge is 0.467 e. The highest BCUT2D eigenvalue weighted by Crippen LogP contribution is 2.07. The molecule has 3 amide bonds. The maximum absolute atomic E-state index is 12.4. The second-order valence-electron chi connectivity index (χ2n) is 8.44. The van der Waals surface area contributed by atoms with Crippen molar-refractivity contribution in [2.75, 3.05) is 13.7 Å². The van der Waals surface area contributed by atoms with Crippen molar-refractivity contribution in [2.45, 2.75) is 71.2 Å². The van der Waals surface area contributed by atoms with Crippen molar-refractivity contribution in [3.63, 3.8) is 0 Å². The molecule has 1 aromatic rings. The number of carbonyl (C=O) groups excluding carboxylic acids is 4. The summed E-state index contributed by atoms with van der Waals surface area (Å²) in [5.74, 6) is -1.14. The third-order valence-electron chi connectivity index (χ3n) is 4.33. The van der Waals surface area contributed by atoms with Crippen molar-refractivity contribution < 1.29 is 33.4 Å². The van der Waals surface area contributed by atoms with Crippen LogP contribution in [0, 0.1) is 0 Å². The van der Waals surface area contributed by atoms with Gasteiger partial charge in [-0.3, -0.25) is 4.79 Å². The first kappa shape index (κ1) is 27.7. The third kappa shape index (κ3) is 12.4. The van der Waals surface area contributed by atoms with Gasteiger partial charge >= 0.3 is 18.2 Å². The number of methoxy groups -OCH3 is 1. The van der Waals surface area contributed by atoms with E-state index in [1.165, 1.54) is 14.0 Å². The van der Waals surface area contributed by atoms with Gasteiger partial charge in [0.2, 0.25) is 5.91 Å². The molecular weight excluding hydrogens is 430 g/mol. The highest BCUT2D eigenvalue weighted by atomic mass is 16.6. The van der Waals surface area contributed by atoms with E-state index in [1.54, 1.807) is 20.8 Å². The second kappa shape index (κ2) is 14.0. The Bertz CT molecular complexity index is 778. The van der Waals surface area contributed by atoms with Crippen molar-refractivity contribution in [3.8, 4) is 0 Å². The Kier molecular flexibility index (Phi) is 11.7. The van der Waals surface area contributed by atoms with Crippen LogP contribution in [-0.2, 0) is 30.4 Å². The molecule has 2 atom stereocenters. The predicted octanol–water partition coefficient (Wildman–Crippen LogP) is 2.65. The zero-order valence-corrected chi connectivity index (χ0v) is 19.9. The number of amides is 3. The SMILES string of the molecule is COC(=O)[C@H](CCCCNC(=O)OC(C)(C)C)NC(=O)[C@H](C)NC(=O)OCc1ccccc1. The maximum Gasteiger partial charge on any atom is 0.408 e. The Labute approximate surface area is 194 Å². The first-order chi connectivity index (χ1) is 15.5. The summed E-state index contributed by atoms with van der Waals surface area (Å²) < 4.78 is 15.0. The van der Waals surface area contributed by atoms with E-state index in [4.69, 9.17) is 14.2 Å². The number of unbranched alkanes of at least 4 members (excludes halogenated alkanes) is 1. The quantitative estimate of drug-likeness (QED) is 0.260. The van der Waals surface area contributed by atoms with Crippen LogP contribution >= 0.6 is 0 Å². The molecule has 0 bridgehead atoms. The summed E-state index contributed by atoms with van der Waals surface area (Å²) in [6.45, 7) is 7.24.